The van der Waals surface area contributed by atoms with E-state index < -0.39 is 41.9 Å². The number of aryl methyl sites for hydroxylation is 1. The molecular weight excluding hydrogens is 426 g/mol. The summed E-state index contributed by atoms with van der Waals surface area (Å²) < 4.78 is 10.3. The first-order chi connectivity index (χ1) is 14.8. The van der Waals surface area contributed by atoms with E-state index in [0.717, 1.165) is 36.1 Å². The molecule has 1 fully saturated rings. The Morgan fingerprint density at radius 2 is 1.97 bits per heavy atom. The number of urea groups is 1. The van der Waals surface area contributed by atoms with Crippen LogP contribution < -0.4 is 16.0 Å². The number of imide groups is 1. The Balaban J connectivity index is 1.59. The molecule has 1 saturated heterocycles. The van der Waals surface area contributed by atoms with Gasteiger partial charge in [0.05, 0.1) is 12.2 Å². The fraction of sp³-hybridized carbons (Fsp3) is 0.550. The van der Waals surface area contributed by atoms with Gasteiger partial charge in [-0.25, -0.2) is 9.59 Å². The van der Waals surface area contributed by atoms with Crippen LogP contribution in [-0.4, -0.2) is 48.5 Å². The van der Waals surface area contributed by atoms with E-state index in [1.807, 2.05) is 0 Å². The zero-order chi connectivity index (χ0) is 22.5. The van der Waals surface area contributed by atoms with E-state index in [1.165, 1.54) is 18.3 Å². The van der Waals surface area contributed by atoms with Crippen LogP contribution in [-0.2, 0) is 36.7 Å². The van der Waals surface area contributed by atoms with Gasteiger partial charge in [0.15, 0.2) is 6.10 Å². The van der Waals surface area contributed by atoms with Crippen LogP contribution in [0.25, 0.3) is 0 Å². The van der Waals surface area contributed by atoms with Crippen molar-refractivity contribution < 1.29 is 33.4 Å². The lowest BCUT2D eigenvalue weighted by Crippen LogP contribution is -2.32. The van der Waals surface area contributed by atoms with Gasteiger partial charge >= 0.3 is 18.0 Å². The minimum Gasteiger partial charge on any atom is -0.462 e. The van der Waals surface area contributed by atoms with Crippen molar-refractivity contribution in [3.63, 3.8) is 0 Å². The van der Waals surface area contributed by atoms with Crippen LogP contribution in [0.15, 0.2) is 0 Å². The smallest absolute Gasteiger partial charge is 0.341 e. The van der Waals surface area contributed by atoms with Crippen LogP contribution in [0.5, 0.6) is 0 Å². The number of amides is 4. The molecule has 0 unspecified atom stereocenters. The van der Waals surface area contributed by atoms with Crippen LogP contribution in [0.2, 0.25) is 0 Å². The van der Waals surface area contributed by atoms with Gasteiger partial charge < -0.3 is 20.1 Å². The van der Waals surface area contributed by atoms with E-state index in [4.69, 9.17) is 9.47 Å². The number of fused-ring (bicyclic) bond motifs is 1. The first-order valence-corrected chi connectivity index (χ1v) is 11.0. The molecular formula is C20H25N3O7S. The van der Waals surface area contributed by atoms with E-state index in [1.54, 1.807) is 6.92 Å². The quantitative estimate of drug-likeness (QED) is 0.403. The molecule has 0 radical (unpaired) electrons. The summed E-state index contributed by atoms with van der Waals surface area (Å²) in [7, 11) is 0. The molecule has 1 aromatic heterocycles. The number of hydrogen-bond donors (Lipinski definition) is 3. The monoisotopic (exact) mass is 451 g/mol. The molecule has 4 amide bonds. The largest absolute Gasteiger partial charge is 0.462 e. The second-order valence-electron chi connectivity index (χ2n) is 7.31. The van der Waals surface area contributed by atoms with Gasteiger partial charge in [0.1, 0.15) is 11.0 Å². The lowest BCUT2D eigenvalue weighted by Gasteiger charge is -2.15. The summed E-state index contributed by atoms with van der Waals surface area (Å²) in [5, 5.41) is 7.58. The Morgan fingerprint density at radius 3 is 2.65 bits per heavy atom. The Morgan fingerprint density at radius 1 is 1.23 bits per heavy atom. The highest BCUT2D eigenvalue weighted by Gasteiger charge is 2.31. The van der Waals surface area contributed by atoms with Crippen LogP contribution in [0.3, 0.4) is 0 Å². The Kier molecular flexibility index (Phi) is 7.26. The summed E-state index contributed by atoms with van der Waals surface area (Å²) in [5.74, 6) is -2.22. The van der Waals surface area contributed by atoms with E-state index in [0.29, 0.717) is 10.6 Å². The summed E-state index contributed by atoms with van der Waals surface area (Å²) in [5.41, 5.74) is 1.31. The number of hydrogen-bond acceptors (Lipinski definition) is 8. The van der Waals surface area contributed by atoms with E-state index in [2.05, 4.69) is 16.0 Å². The third-order valence-electron chi connectivity index (χ3n) is 5.06. The van der Waals surface area contributed by atoms with Gasteiger partial charge in [-0.2, -0.15) is 0 Å². The van der Waals surface area contributed by atoms with Crippen molar-refractivity contribution in [1.82, 2.24) is 10.6 Å². The molecule has 168 valence electrons. The number of carbonyl (C=O) groups is 5. The van der Waals surface area contributed by atoms with Gasteiger partial charge in [-0.1, -0.05) is 0 Å². The maximum atomic E-state index is 12.6. The predicted octanol–water partition coefficient (Wildman–Crippen LogP) is 1.66. The maximum Gasteiger partial charge on any atom is 0.341 e. The molecule has 0 bridgehead atoms. The molecule has 3 N–H and O–H groups in total. The lowest BCUT2D eigenvalue weighted by atomic mass is 9.95. The second kappa shape index (κ2) is 9.90. The number of rotatable bonds is 8. The minimum absolute atomic E-state index is 0.0649. The Hall–Kier alpha value is -2.95. The van der Waals surface area contributed by atoms with Crippen LogP contribution in [0.4, 0.5) is 9.80 Å². The van der Waals surface area contributed by atoms with Gasteiger partial charge in [0, 0.05) is 11.3 Å². The fourth-order valence-corrected chi connectivity index (χ4v) is 4.80. The van der Waals surface area contributed by atoms with E-state index in [9.17, 15) is 24.0 Å². The third-order valence-corrected chi connectivity index (χ3v) is 6.27. The number of thiophene rings is 1. The second-order valence-corrected chi connectivity index (χ2v) is 8.42. The highest BCUT2D eigenvalue weighted by atomic mass is 32.1. The first-order valence-electron chi connectivity index (χ1n) is 10.2. The van der Waals surface area contributed by atoms with Crippen molar-refractivity contribution in [2.24, 2.45) is 0 Å². The lowest BCUT2D eigenvalue weighted by molar-refractivity contribution is -0.153. The molecule has 0 spiro atoms. The Bertz CT molecular complexity index is 911. The van der Waals surface area contributed by atoms with Crippen LogP contribution in [0.1, 0.15) is 60.3 Å². The molecule has 2 heterocycles. The molecule has 1 aliphatic heterocycles. The number of ether oxygens (including phenoxy) is 2. The van der Waals surface area contributed by atoms with E-state index in [-0.39, 0.29) is 19.4 Å². The maximum absolute atomic E-state index is 12.6. The van der Waals surface area contributed by atoms with Crippen LogP contribution in [0, 0.1) is 0 Å². The number of anilines is 1. The summed E-state index contributed by atoms with van der Waals surface area (Å²) in [4.78, 5) is 60.8. The van der Waals surface area contributed by atoms with Gasteiger partial charge in [0.2, 0.25) is 0 Å². The molecule has 31 heavy (non-hydrogen) atoms. The van der Waals surface area contributed by atoms with Gasteiger partial charge in [-0.15, -0.1) is 11.3 Å². The van der Waals surface area contributed by atoms with E-state index >= 15 is 0 Å². The minimum atomic E-state index is -1.10. The summed E-state index contributed by atoms with van der Waals surface area (Å²) in [6.07, 6.45) is 2.41. The van der Waals surface area contributed by atoms with Crippen molar-refractivity contribution in [1.29, 1.82) is 0 Å². The number of carbonyl (C=O) groups excluding carboxylic acids is 5. The fourth-order valence-electron chi connectivity index (χ4n) is 3.52. The number of nitrogens with one attached hydrogen (secondary N) is 3. The highest BCUT2D eigenvalue weighted by Crippen LogP contribution is 2.38. The summed E-state index contributed by atoms with van der Waals surface area (Å²) in [6.45, 7) is 3.37. The summed E-state index contributed by atoms with van der Waals surface area (Å²) in [6, 6.07) is -1.40. The average molecular weight is 452 g/mol. The zero-order valence-electron chi connectivity index (χ0n) is 17.4. The molecule has 1 aliphatic carbocycles. The Labute approximate surface area is 183 Å². The zero-order valence-corrected chi connectivity index (χ0v) is 18.2. The molecule has 0 aromatic carbocycles. The van der Waals surface area contributed by atoms with Crippen molar-refractivity contribution in [2.75, 3.05) is 11.9 Å². The first kappa shape index (κ1) is 22.7. The molecule has 10 nitrogen and oxygen atoms in total. The summed E-state index contributed by atoms with van der Waals surface area (Å²) >= 11 is 1.35. The standard InChI is InChI=1S/C20H25N3O7S/c1-3-29-19(27)15-11-6-4-5-7-13(11)31-18(15)22-16(25)10(2)30-14(24)9-8-12-17(26)23-20(28)21-12/h10,12H,3-9H2,1-2H3,(H,22,25)(H2,21,23,26,28)/t10-,12+/m1/s1. The molecule has 0 saturated carbocycles. The molecule has 3 rings (SSSR count). The normalized spacial score (nSPS) is 18.5. The van der Waals surface area contributed by atoms with Crippen LogP contribution >= 0.6 is 11.3 Å². The van der Waals surface area contributed by atoms with Gasteiger partial charge in [-0.05, 0) is 51.5 Å². The SMILES string of the molecule is CCOC(=O)c1c(NC(=O)[C@@H](C)OC(=O)CC[C@@H]2NC(=O)NC2=O)sc2c1CCCC2. The average Bonchev–Trinajstić information content (AvgIpc) is 3.24. The topological polar surface area (TPSA) is 140 Å². The van der Waals surface area contributed by atoms with Crippen molar-refractivity contribution in [3.05, 3.63) is 16.0 Å². The van der Waals surface area contributed by atoms with Gasteiger partial charge in [0.25, 0.3) is 11.8 Å². The third kappa shape index (κ3) is 5.40. The van der Waals surface area contributed by atoms with Gasteiger partial charge in [-0.3, -0.25) is 19.7 Å². The molecule has 2 atom stereocenters. The van der Waals surface area contributed by atoms with Crippen molar-refractivity contribution >= 4 is 46.1 Å². The molecule has 1 aromatic rings. The molecule has 11 heteroatoms. The molecule has 2 aliphatic rings. The predicted molar refractivity (Wildman–Crippen MR) is 111 cm³/mol. The highest BCUT2D eigenvalue weighted by molar-refractivity contribution is 7.17. The number of esters is 2. The van der Waals surface area contributed by atoms with Crippen molar-refractivity contribution in [2.45, 2.75) is 64.5 Å². The van der Waals surface area contributed by atoms with Crippen molar-refractivity contribution in [3.8, 4) is 0 Å².